The molecule has 1 spiro atoms. The molecule has 218 valence electrons. The number of nitrogens with zero attached hydrogens (tertiary/aromatic N) is 2. The fraction of sp³-hybridized carbons (Fsp3) is 0.481. The van der Waals surface area contributed by atoms with E-state index >= 15 is 0 Å². The predicted octanol–water partition coefficient (Wildman–Crippen LogP) is 5.54. The fourth-order valence-electron chi connectivity index (χ4n) is 5.77. The van der Waals surface area contributed by atoms with E-state index in [4.69, 9.17) is 5.73 Å². The van der Waals surface area contributed by atoms with Crippen molar-refractivity contribution in [2.24, 2.45) is 5.73 Å². The summed E-state index contributed by atoms with van der Waals surface area (Å²) >= 11 is 0. The van der Waals surface area contributed by atoms with Crippen molar-refractivity contribution in [1.29, 1.82) is 0 Å². The van der Waals surface area contributed by atoms with Gasteiger partial charge in [-0.05, 0) is 79.6 Å². The number of carbonyl (C=O) groups excluding carboxylic acids is 2. The summed E-state index contributed by atoms with van der Waals surface area (Å²) in [4.78, 5) is 28.0. The third-order valence-corrected chi connectivity index (χ3v) is 7.76. The first-order valence-corrected chi connectivity index (χ1v) is 12.6. The summed E-state index contributed by atoms with van der Waals surface area (Å²) in [6, 6.07) is 3.60. The van der Waals surface area contributed by atoms with Crippen molar-refractivity contribution in [2.45, 2.75) is 69.1 Å². The largest absolute Gasteiger partial charge is 0.416 e. The van der Waals surface area contributed by atoms with E-state index in [1.165, 1.54) is 24.1 Å². The van der Waals surface area contributed by atoms with Crippen LogP contribution in [0.5, 0.6) is 0 Å². The number of alkyl halides is 6. The van der Waals surface area contributed by atoms with E-state index in [9.17, 15) is 40.3 Å². The van der Waals surface area contributed by atoms with Gasteiger partial charge in [-0.25, -0.2) is 9.18 Å². The zero-order valence-electron chi connectivity index (χ0n) is 21.8. The number of hydrogen-bond acceptors (Lipinski definition) is 3. The molecule has 3 amide bonds. The van der Waals surface area contributed by atoms with Crippen LogP contribution in [0.4, 0.5) is 35.5 Å². The summed E-state index contributed by atoms with van der Waals surface area (Å²) in [7, 11) is 1.30. The van der Waals surface area contributed by atoms with E-state index in [-0.39, 0.29) is 18.2 Å². The minimum absolute atomic E-state index is 0.0384. The van der Waals surface area contributed by atoms with Gasteiger partial charge >= 0.3 is 18.4 Å². The Labute approximate surface area is 226 Å². The van der Waals surface area contributed by atoms with Crippen molar-refractivity contribution in [2.75, 3.05) is 13.6 Å². The molecule has 6 nitrogen and oxygen atoms in total. The molecule has 2 aromatic carbocycles. The topological polar surface area (TPSA) is 78.7 Å². The highest BCUT2D eigenvalue weighted by Gasteiger charge is 2.48. The summed E-state index contributed by atoms with van der Waals surface area (Å²) in [5.74, 6) is -0.969. The van der Waals surface area contributed by atoms with Crippen molar-refractivity contribution >= 4 is 11.9 Å². The molecule has 13 heteroatoms. The minimum atomic E-state index is -5.01. The maximum atomic E-state index is 13.9. The Morgan fingerprint density at radius 3 is 2.20 bits per heavy atom. The Morgan fingerprint density at radius 1 is 1.05 bits per heavy atom. The average Bonchev–Trinajstić information content (AvgIpc) is 3.26. The van der Waals surface area contributed by atoms with Crippen LogP contribution < -0.4 is 11.1 Å². The van der Waals surface area contributed by atoms with E-state index < -0.39 is 65.4 Å². The first-order chi connectivity index (χ1) is 18.5. The highest BCUT2D eigenvalue weighted by Crippen LogP contribution is 2.44. The molecule has 2 aromatic rings. The van der Waals surface area contributed by atoms with E-state index in [2.05, 4.69) is 5.32 Å². The highest BCUT2D eigenvalue weighted by molar-refractivity contribution is 5.80. The molecule has 0 aliphatic carbocycles. The van der Waals surface area contributed by atoms with Crippen LogP contribution in [0.25, 0.3) is 0 Å². The zero-order chi connectivity index (χ0) is 29.6. The number of aryl methyl sites for hydroxylation is 1. The van der Waals surface area contributed by atoms with Gasteiger partial charge in [0.2, 0.25) is 5.91 Å². The van der Waals surface area contributed by atoms with Crippen LogP contribution >= 0.6 is 0 Å². The standard InChI is InChI=1S/C27H29F7N4O2/c1-15-9-19(28)3-4-20(15)22-13-25(6-5-21(36-25)23(35)39)7-8-38(22)24(40)37(2)14-16-10-17(26(29,30)31)12-18(11-16)27(32,33)34/h3-4,9-12,21-22,36H,5-8,13-14H2,1-2H3,(H2,35,39)/t21-,22-,25+/m1/s1. The minimum Gasteiger partial charge on any atom is -0.368 e. The molecule has 0 unspecified atom stereocenters. The van der Waals surface area contributed by atoms with Gasteiger partial charge in [-0.15, -0.1) is 0 Å². The molecule has 0 saturated carbocycles. The number of primary amides is 1. The second kappa shape index (κ2) is 10.6. The molecule has 2 fully saturated rings. The molecule has 3 atom stereocenters. The predicted molar refractivity (Wildman–Crippen MR) is 131 cm³/mol. The number of halogens is 7. The number of benzene rings is 2. The third kappa shape index (κ3) is 6.18. The quantitative estimate of drug-likeness (QED) is 0.471. The van der Waals surface area contributed by atoms with Crippen LogP contribution in [0.2, 0.25) is 0 Å². The molecule has 0 bridgehead atoms. The number of amides is 3. The fourth-order valence-corrected chi connectivity index (χ4v) is 5.77. The van der Waals surface area contributed by atoms with Crippen LogP contribution in [-0.4, -0.2) is 46.9 Å². The highest BCUT2D eigenvalue weighted by atomic mass is 19.4. The van der Waals surface area contributed by atoms with Gasteiger partial charge in [-0.3, -0.25) is 4.79 Å². The van der Waals surface area contributed by atoms with Gasteiger partial charge < -0.3 is 20.9 Å². The van der Waals surface area contributed by atoms with Crippen LogP contribution in [0.3, 0.4) is 0 Å². The van der Waals surface area contributed by atoms with Gasteiger partial charge in [0.25, 0.3) is 0 Å². The number of urea groups is 1. The van der Waals surface area contributed by atoms with E-state index in [0.717, 1.165) is 4.90 Å². The van der Waals surface area contributed by atoms with Crippen LogP contribution in [0.1, 0.15) is 59.5 Å². The molecule has 3 N–H and O–H groups in total. The number of nitrogens with one attached hydrogen (secondary N) is 1. The molecular formula is C27H29F7N4O2. The summed E-state index contributed by atoms with van der Waals surface area (Å²) < 4.78 is 93.9. The molecule has 0 radical (unpaired) electrons. The Morgan fingerprint density at radius 2 is 1.68 bits per heavy atom. The Kier molecular flexibility index (Phi) is 7.83. The second-order valence-electron chi connectivity index (χ2n) is 10.6. The lowest BCUT2D eigenvalue weighted by Gasteiger charge is -2.47. The molecule has 2 aliphatic rings. The number of piperidine rings is 1. The van der Waals surface area contributed by atoms with Gasteiger partial charge in [-0.1, -0.05) is 6.07 Å². The molecule has 2 aliphatic heterocycles. The van der Waals surface area contributed by atoms with Gasteiger partial charge in [0.15, 0.2) is 0 Å². The number of likely N-dealkylation sites (tertiary alicyclic amines) is 1. The average molecular weight is 575 g/mol. The molecule has 2 heterocycles. The summed E-state index contributed by atoms with van der Waals surface area (Å²) in [6.45, 7) is 1.35. The normalized spacial score (nSPS) is 23.5. The maximum Gasteiger partial charge on any atom is 0.416 e. The summed E-state index contributed by atoms with van der Waals surface area (Å²) in [5.41, 5.74) is 2.91. The van der Waals surface area contributed by atoms with Crippen molar-refractivity contribution in [1.82, 2.24) is 15.1 Å². The first-order valence-electron chi connectivity index (χ1n) is 12.6. The Hall–Kier alpha value is -3.35. The molecule has 40 heavy (non-hydrogen) atoms. The molecular weight excluding hydrogens is 545 g/mol. The number of rotatable bonds is 4. The Bertz CT molecular complexity index is 1260. The molecule has 0 aromatic heterocycles. The molecule has 2 saturated heterocycles. The summed E-state index contributed by atoms with van der Waals surface area (Å²) in [5, 5.41) is 3.29. The second-order valence-corrected chi connectivity index (χ2v) is 10.6. The third-order valence-electron chi connectivity index (χ3n) is 7.76. The lowest BCUT2D eigenvalue weighted by molar-refractivity contribution is -0.143. The van der Waals surface area contributed by atoms with Crippen LogP contribution in [0, 0.1) is 12.7 Å². The SMILES string of the molecule is Cc1cc(F)ccc1[C@H]1C[C@]2(CC[C@H](C(N)=O)N2)CCN1C(=O)N(C)Cc1cc(C(F)(F)F)cc(C(F)(F)F)c1. The lowest BCUT2D eigenvalue weighted by atomic mass is 9.79. The van der Waals surface area contributed by atoms with Gasteiger partial charge in [-0.2, -0.15) is 26.3 Å². The zero-order valence-corrected chi connectivity index (χ0v) is 21.8. The van der Waals surface area contributed by atoms with Crippen molar-refractivity contribution < 1.29 is 40.3 Å². The van der Waals surface area contributed by atoms with Crippen LogP contribution in [0.15, 0.2) is 36.4 Å². The van der Waals surface area contributed by atoms with E-state index in [1.807, 2.05) is 0 Å². The number of hydrogen-bond donors (Lipinski definition) is 2. The molecule has 4 rings (SSSR count). The van der Waals surface area contributed by atoms with E-state index in [0.29, 0.717) is 48.9 Å². The Balaban J connectivity index is 1.63. The van der Waals surface area contributed by atoms with Gasteiger partial charge in [0.05, 0.1) is 23.2 Å². The van der Waals surface area contributed by atoms with Gasteiger partial charge in [0.1, 0.15) is 5.82 Å². The number of nitrogens with two attached hydrogens (primary N) is 1. The monoisotopic (exact) mass is 574 g/mol. The number of carbonyl (C=O) groups is 2. The summed E-state index contributed by atoms with van der Waals surface area (Å²) in [6.07, 6.45) is -8.11. The van der Waals surface area contributed by atoms with Crippen molar-refractivity contribution in [3.8, 4) is 0 Å². The van der Waals surface area contributed by atoms with Gasteiger partial charge in [0, 0.05) is 25.7 Å². The lowest BCUT2D eigenvalue weighted by Crippen LogP contribution is -2.57. The maximum absolute atomic E-state index is 13.9. The van der Waals surface area contributed by atoms with Crippen molar-refractivity contribution in [3.05, 3.63) is 70.0 Å². The van der Waals surface area contributed by atoms with E-state index in [1.54, 1.807) is 13.0 Å². The smallest absolute Gasteiger partial charge is 0.368 e. The van der Waals surface area contributed by atoms with Crippen LogP contribution in [-0.2, 0) is 23.7 Å². The first kappa shape index (κ1) is 29.6. The van der Waals surface area contributed by atoms with Crippen molar-refractivity contribution in [3.63, 3.8) is 0 Å².